The number of halogens is 1. The van der Waals surface area contributed by atoms with Crippen LogP contribution in [0.25, 0.3) is 0 Å². The maximum absolute atomic E-state index is 13.3. The average molecular weight is 395 g/mol. The van der Waals surface area contributed by atoms with Gasteiger partial charge in [-0.25, -0.2) is 4.39 Å². The highest BCUT2D eigenvalue weighted by molar-refractivity contribution is 6.10. The van der Waals surface area contributed by atoms with Crippen LogP contribution in [-0.4, -0.2) is 35.8 Å². The van der Waals surface area contributed by atoms with Crippen molar-refractivity contribution < 1.29 is 14.0 Å². The Labute approximate surface area is 170 Å². The van der Waals surface area contributed by atoms with Gasteiger partial charge in [0.25, 0.3) is 0 Å². The Bertz CT molecular complexity index is 878. The summed E-state index contributed by atoms with van der Waals surface area (Å²) in [5.41, 5.74) is 2.39. The van der Waals surface area contributed by atoms with Crippen molar-refractivity contribution in [1.82, 2.24) is 4.90 Å². The topological polar surface area (TPSA) is 52.7 Å². The molecule has 1 aliphatic carbocycles. The van der Waals surface area contributed by atoms with Crippen molar-refractivity contribution in [3.8, 4) is 0 Å². The van der Waals surface area contributed by atoms with Crippen LogP contribution in [0.2, 0.25) is 0 Å². The van der Waals surface area contributed by atoms with E-state index in [1.54, 1.807) is 17.0 Å². The summed E-state index contributed by atoms with van der Waals surface area (Å²) in [5.74, 6) is -0.523. The number of carbonyl (C=O) groups excluding carboxylic acids is 2. The number of para-hydroxylation sites is 2. The second kappa shape index (κ2) is 8.74. The van der Waals surface area contributed by atoms with E-state index < -0.39 is 0 Å². The molecular weight excluding hydrogens is 369 g/mol. The van der Waals surface area contributed by atoms with Crippen molar-refractivity contribution in [3.63, 3.8) is 0 Å². The van der Waals surface area contributed by atoms with Crippen molar-refractivity contribution >= 4 is 23.2 Å². The van der Waals surface area contributed by atoms with Crippen molar-refractivity contribution in [2.24, 2.45) is 0 Å². The van der Waals surface area contributed by atoms with E-state index in [0.717, 1.165) is 36.9 Å². The molecule has 0 radical (unpaired) electrons. The lowest BCUT2D eigenvalue weighted by Gasteiger charge is -2.36. The molecule has 4 rings (SSSR count). The molecule has 0 spiro atoms. The largest absolute Gasteiger partial charge is 0.323 e. The van der Waals surface area contributed by atoms with Crippen LogP contribution >= 0.6 is 0 Å². The number of nitrogens with zero attached hydrogens (tertiary/aromatic N) is 2. The SMILES string of the molecule is O=C1CN(C(=O)CN(Cc2ccc(F)cc2)C2CCCCC2)c2ccccc2N1. The first kappa shape index (κ1) is 19.6. The minimum Gasteiger partial charge on any atom is -0.323 e. The van der Waals surface area contributed by atoms with Crippen LogP contribution in [0.1, 0.15) is 37.7 Å². The van der Waals surface area contributed by atoms with Crippen molar-refractivity contribution in [1.29, 1.82) is 0 Å². The van der Waals surface area contributed by atoms with Gasteiger partial charge < -0.3 is 5.32 Å². The second-order valence-corrected chi connectivity index (χ2v) is 7.87. The lowest BCUT2D eigenvalue weighted by Crippen LogP contribution is -2.48. The molecule has 29 heavy (non-hydrogen) atoms. The Morgan fingerprint density at radius 1 is 1.07 bits per heavy atom. The first-order valence-electron chi connectivity index (χ1n) is 10.3. The summed E-state index contributed by atoms with van der Waals surface area (Å²) in [4.78, 5) is 29.1. The van der Waals surface area contributed by atoms with Gasteiger partial charge in [-0.15, -0.1) is 0 Å². The van der Waals surface area contributed by atoms with Crippen LogP contribution in [0.5, 0.6) is 0 Å². The number of amides is 2. The Morgan fingerprint density at radius 2 is 1.79 bits per heavy atom. The number of rotatable bonds is 5. The third-order valence-corrected chi connectivity index (χ3v) is 5.80. The van der Waals surface area contributed by atoms with Gasteiger partial charge in [0.1, 0.15) is 12.4 Å². The number of benzene rings is 2. The highest BCUT2D eigenvalue weighted by Crippen LogP contribution is 2.30. The van der Waals surface area contributed by atoms with E-state index in [1.807, 2.05) is 24.3 Å². The maximum atomic E-state index is 13.3. The van der Waals surface area contributed by atoms with Gasteiger partial charge in [-0.05, 0) is 42.7 Å². The van der Waals surface area contributed by atoms with E-state index in [1.165, 1.54) is 18.6 Å². The highest BCUT2D eigenvalue weighted by atomic mass is 19.1. The third-order valence-electron chi connectivity index (χ3n) is 5.80. The quantitative estimate of drug-likeness (QED) is 0.834. The summed E-state index contributed by atoms with van der Waals surface area (Å²) in [7, 11) is 0. The molecule has 1 saturated carbocycles. The minimum atomic E-state index is -0.259. The minimum absolute atomic E-state index is 0.0326. The van der Waals surface area contributed by atoms with E-state index >= 15 is 0 Å². The second-order valence-electron chi connectivity index (χ2n) is 7.87. The van der Waals surface area contributed by atoms with Crippen molar-refractivity contribution in [2.45, 2.75) is 44.7 Å². The Hall–Kier alpha value is -2.73. The van der Waals surface area contributed by atoms with Crippen molar-refractivity contribution in [2.75, 3.05) is 23.3 Å². The molecule has 2 aromatic carbocycles. The lowest BCUT2D eigenvalue weighted by molar-refractivity contribution is -0.123. The summed E-state index contributed by atoms with van der Waals surface area (Å²) in [6, 6.07) is 14.2. The molecule has 0 aromatic heterocycles. The standard InChI is InChI=1S/C23H26FN3O2/c24-18-12-10-17(11-13-18)14-26(19-6-2-1-3-7-19)16-23(29)27-15-22(28)25-20-8-4-5-9-21(20)27/h4-5,8-13,19H,1-3,6-7,14-16H2,(H,25,28). The van der Waals surface area contributed by atoms with Crippen LogP contribution in [0, 0.1) is 5.82 Å². The molecule has 2 aliphatic rings. The number of hydrogen-bond donors (Lipinski definition) is 1. The number of fused-ring (bicyclic) bond motifs is 1. The predicted octanol–water partition coefficient (Wildman–Crippen LogP) is 3.95. The highest BCUT2D eigenvalue weighted by Gasteiger charge is 2.30. The van der Waals surface area contributed by atoms with Crippen molar-refractivity contribution in [3.05, 3.63) is 59.9 Å². The Kier molecular flexibility index (Phi) is 5.90. The molecule has 2 amide bonds. The summed E-state index contributed by atoms with van der Waals surface area (Å²) >= 11 is 0. The molecule has 1 fully saturated rings. The van der Waals surface area contributed by atoms with Crippen LogP contribution in [0.15, 0.2) is 48.5 Å². The van der Waals surface area contributed by atoms with E-state index in [0.29, 0.717) is 18.3 Å². The Morgan fingerprint density at radius 3 is 2.55 bits per heavy atom. The van der Waals surface area contributed by atoms with Gasteiger partial charge in [0, 0.05) is 12.6 Å². The van der Waals surface area contributed by atoms with E-state index in [9.17, 15) is 14.0 Å². The Balaban J connectivity index is 1.54. The van der Waals surface area contributed by atoms with Gasteiger partial charge in [0.05, 0.1) is 17.9 Å². The molecule has 1 aliphatic heterocycles. The number of nitrogens with one attached hydrogen (secondary N) is 1. The summed E-state index contributed by atoms with van der Waals surface area (Å²) in [5, 5.41) is 2.82. The van der Waals surface area contributed by atoms with Crippen LogP contribution in [0.3, 0.4) is 0 Å². The van der Waals surface area contributed by atoms with Gasteiger partial charge in [0.2, 0.25) is 11.8 Å². The van der Waals surface area contributed by atoms with Gasteiger partial charge in [-0.3, -0.25) is 19.4 Å². The molecule has 2 aromatic rings. The zero-order valence-corrected chi connectivity index (χ0v) is 16.4. The van der Waals surface area contributed by atoms with Crippen LogP contribution < -0.4 is 10.2 Å². The van der Waals surface area contributed by atoms with Gasteiger partial charge in [-0.2, -0.15) is 0 Å². The molecule has 5 nitrogen and oxygen atoms in total. The van der Waals surface area contributed by atoms with Gasteiger partial charge in [0.15, 0.2) is 0 Å². The molecule has 0 atom stereocenters. The monoisotopic (exact) mass is 395 g/mol. The third kappa shape index (κ3) is 4.65. The first-order valence-corrected chi connectivity index (χ1v) is 10.3. The fourth-order valence-electron chi connectivity index (χ4n) is 4.30. The molecule has 0 bridgehead atoms. The lowest BCUT2D eigenvalue weighted by atomic mass is 9.93. The molecule has 0 saturated heterocycles. The molecule has 6 heteroatoms. The number of hydrogen-bond acceptors (Lipinski definition) is 3. The summed E-state index contributed by atoms with van der Waals surface area (Å²) in [6.07, 6.45) is 5.67. The van der Waals surface area contributed by atoms with Gasteiger partial charge in [-0.1, -0.05) is 43.5 Å². The summed E-state index contributed by atoms with van der Waals surface area (Å²) < 4.78 is 13.3. The zero-order chi connectivity index (χ0) is 20.2. The van der Waals surface area contributed by atoms with E-state index in [2.05, 4.69) is 10.2 Å². The molecule has 0 unspecified atom stereocenters. The van der Waals surface area contributed by atoms with Crippen LogP contribution in [0.4, 0.5) is 15.8 Å². The number of anilines is 2. The molecule has 1 heterocycles. The van der Waals surface area contributed by atoms with Gasteiger partial charge >= 0.3 is 0 Å². The normalized spacial score (nSPS) is 17.2. The molecule has 1 N–H and O–H groups in total. The number of carbonyl (C=O) groups is 2. The predicted molar refractivity (Wildman–Crippen MR) is 111 cm³/mol. The fourth-order valence-corrected chi connectivity index (χ4v) is 4.30. The summed E-state index contributed by atoms with van der Waals surface area (Å²) in [6.45, 7) is 0.868. The average Bonchev–Trinajstić information content (AvgIpc) is 2.74. The molecule has 152 valence electrons. The fraction of sp³-hybridized carbons (Fsp3) is 0.391. The van der Waals surface area contributed by atoms with E-state index in [4.69, 9.17) is 0 Å². The first-order chi connectivity index (χ1) is 14.1. The maximum Gasteiger partial charge on any atom is 0.244 e. The smallest absolute Gasteiger partial charge is 0.244 e. The van der Waals surface area contributed by atoms with E-state index in [-0.39, 0.29) is 30.7 Å². The molecular formula is C23H26FN3O2. The zero-order valence-electron chi connectivity index (χ0n) is 16.4. The van der Waals surface area contributed by atoms with Crippen LogP contribution in [-0.2, 0) is 16.1 Å².